The van der Waals surface area contributed by atoms with Crippen LogP contribution in [0.4, 0.5) is 0 Å². The Morgan fingerprint density at radius 2 is 2.45 bits per heavy atom. The van der Waals surface area contributed by atoms with Gasteiger partial charge in [-0.05, 0) is 12.5 Å². The zero-order valence-corrected chi connectivity index (χ0v) is 6.91. The number of rotatable bonds is 0. The van der Waals surface area contributed by atoms with Gasteiger partial charge in [0, 0.05) is 13.2 Å². The van der Waals surface area contributed by atoms with Crippen molar-refractivity contribution in [2.75, 3.05) is 13.6 Å². The van der Waals surface area contributed by atoms with E-state index in [0.717, 1.165) is 6.54 Å². The molecule has 0 unspecified atom stereocenters. The van der Waals surface area contributed by atoms with E-state index in [2.05, 4.69) is 23.4 Å². The van der Waals surface area contributed by atoms with Gasteiger partial charge in [0.2, 0.25) is 0 Å². The molecule has 0 amide bonds. The number of nitrogens with one attached hydrogen (secondary N) is 1. The fourth-order valence-corrected chi connectivity index (χ4v) is 0.870. The second-order valence-corrected chi connectivity index (χ2v) is 2.51. The van der Waals surface area contributed by atoms with Gasteiger partial charge in [-0.2, -0.15) is 0 Å². The third-order valence-electron chi connectivity index (χ3n) is 1.34. The fourth-order valence-electron chi connectivity index (χ4n) is 0.870. The molecule has 1 heterocycles. The van der Waals surface area contributed by atoms with Gasteiger partial charge in [0.25, 0.3) is 0 Å². The minimum absolute atomic E-state index is 0.742. The molecule has 0 saturated carbocycles. The fraction of sp³-hybridized carbons (Fsp3) is 0.375. The molecule has 0 radical (unpaired) electrons. The maximum atomic E-state index is 4.08. The van der Waals surface area contributed by atoms with Crippen molar-refractivity contribution < 1.29 is 0 Å². The summed E-state index contributed by atoms with van der Waals surface area (Å²) in [5.74, 6) is 0. The maximum absolute atomic E-state index is 4.08. The van der Waals surface area contributed by atoms with Crippen LogP contribution in [-0.4, -0.2) is 24.9 Å². The lowest BCUT2D eigenvalue weighted by Crippen LogP contribution is -2.28. The number of hydrogen-bond donors (Lipinski definition) is 1. The lowest BCUT2D eigenvalue weighted by atomic mass is 10.3. The molecule has 3 nitrogen and oxygen atoms in total. The van der Waals surface area contributed by atoms with Crippen molar-refractivity contribution in [3.05, 3.63) is 23.9 Å². The molecule has 1 aliphatic rings. The lowest BCUT2D eigenvalue weighted by Gasteiger charge is -2.12. The first-order valence-corrected chi connectivity index (χ1v) is 3.61. The third-order valence-corrected chi connectivity index (χ3v) is 1.34. The highest BCUT2D eigenvalue weighted by molar-refractivity contribution is 5.54. The van der Waals surface area contributed by atoms with Gasteiger partial charge < -0.3 is 0 Å². The van der Waals surface area contributed by atoms with Gasteiger partial charge >= 0.3 is 0 Å². The Hall–Kier alpha value is -1.25. The highest BCUT2D eigenvalue weighted by Crippen LogP contribution is 1.96. The van der Waals surface area contributed by atoms with Gasteiger partial charge in [-0.25, -0.2) is 0 Å². The van der Waals surface area contributed by atoms with Gasteiger partial charge in [0.1, 0.15) is 6.34 Å². The van der Waals surface area contributed by atoms with Crippen molar-refractivity contribution in [3.8, 4) is 0 Å². The Kier molecular flexibility index (Phi) is 2.72. The van der Waals surface area contributed by atoms with E-state index in [1.807, 2.05) is 24.3 Å². The Morgan fingerprint density at radius 3 is 3.27 bits per heavy atom. The average Bonchev–Trinajstić information content (AvgIpc) is 2.02. The molecule has 0 bridgehead atoms. The average molecular weight is 151 g/mol. The first kappa shape index (κ1) is 7.85. The molecule has 0 aliphatic carbocycles. The van der Waals surface area contributed by atoms with Crippen LogP contribution in [0.1, 0.15) is 6.92 Å². The number of hydrogen-bond acceptors (Lipinski definition) is 3. The van der Waals surface area contributed by atoms with Crippen LogP contribution in [0, 0.1) is 0 Å². The normalized spacial score (nSPS) is 18.0. The summed E-state index contributed by atoms with van der Waals surface area (Å²) in [7, 11) is 1.94. The first-order valence-electron chi connectivity index (χ1n) is 3.61. The van der Waals surface area contributed by atoms with Crippen LogP contribution in [0.5, 0.6) is 0 Å². The summed E-state index contributed by atoms with van der Waals surface area (Å²) in [6, 6.07) is 0. The number of nitrogens with zero attached hydrogens (tertiary/aromatic N) is 2. The maximum Gasteiger partial charge on any atom is 0.101 e. The summed E-state index contributed by atoms with van der Waals surface area (Å²) in [5.41, 5.74) is 4.19. The van der Waals surface area contributed by atoms with E-state index in [4.69, 9.17) is 0 Å². The van der Waals surface area contributed by atoms with Gasteiger partial charge in [-0.1, -0.05) is 12.2 Å². The van der Waals surface area contributed by atoms with Gasteiger partial charge in [-0.15, -0.1) is 0 Å². The third kappa shape index (κ3) is 2.89. The lowest BCUT2D eigenvalue weighted by molar-refractivity contribution is 0.412. The predicted octanol–water partition coefficient (Wildman–Crippen LogP) is 0.925. The molecule has 0 aromatic carbocycles. The predicted molar refractivity (Wildman–Crippen MR) is 47.2 cm³/mol. The number of hydrazine groups is 1. The topological polar surface area (TPSA) is 27.6 Å². The minimum Gasteiger partial charge on any atom is -0.297 e. The zero-order valence-electron chi connectivity index (χ0n) is 6.91. The van der Waals surface area contributed by atoms with Gasteiger partial charge in [0.05, 0.1) is 6.54 Å². The van der Waals surface area contributed by atoms with Crippen molar-refractivity contribution in [2.24, 2.45) is 4.99 Å². The summed E-state index contributed by atoms with van der Waals surface area (Å²) in [6.45, 7) is 2.80. The Morgan fingerprint density at radius 1 is 1.64 bits per heavy atom. The van der Waals surface area contributed by atoms with Crippen LogP contribution in [0.25, 0.3) is 0 Å². The van der Waals surface area contributed by atoms with E-state index in [1.165, 1.54) is 5.57 Å². The molecule has 3 heteroatoms. The summed E-state index contributed by atoms with van der Waals surface area (Å²) in [5, 5.41) is 1.87. The van der Waals surface area contributed by atoms with E-state index >= 15 is 0 Å². The van der Waals surface area contributed by atoms with Crippen molar-refractivity contribution >= 4 is 6.34 Å². The van der Waals surface area contributed by atoms with E-state index < -0.39 is 0 Å². The molecule has 0 spiro atoms. The Bertz CT molecular complexity index is 203. The van der Waals surface area contributed by atoms with Crippen LogP contribution < -0.4 is 5.43 Å². The zero-order chi connectivity index (χ0) is 8.10. The van der Waals surface area contributed by atoms with Crippen LogP contribution in [-0.2, 0) is 0 Å². The van der Waals surface area contributed by atoms with E-state index in [0.29, 0.717) is 0 Å². The highest BCUT2D eigenvalue weighted by Gasteiger charge is 1.88. The SMILES string of the molecule is CC1=CN(C)NC=NCC=C1. The highest BCUT2D eigenvalue weighted by atomic mass is 15.5. The monoisotopic (exact) mass is 151 g/mol. The number of allylic oxidation sites excluding steroid dienone is 2. The standard InChI is InChI=1S/C8H13N3/c1-8-4-3-5-9-7-10-11(2)6-8/h3-4,6-7H,5H2,1-2H3,(H,9,10). The van der Waals surface area contributed by atoms with Crippen molar-refractivity contribution in [3.63, 3.8) is 0 Å². The molecule has 1 N–H and O–H groups in total. The first-order chi connectivity index (χ1) is 5.29. The van der Waals surface area contributed by atoms with Crippen LogP contribution >= 0.6 is 0 Å². The Labute approximate surface area is 67.1 Å². The molecule has 60 valence electrons. The molecule has 0 aromatic heterocycles. The van der Waals surface area contributed by atoms with Crippen molar-refractivity contribution in [1.82, 2.24) is 10.4 Å². The minimum atomic E-state index is 0.742. The largest absolute Gasteiger partial charge is 0.297 e. The second kappa shape index (κ2) is 3.81. The second-order valence-electron chi connectivity index (χ2n) is 2.51. The summed E-state index contributed by atoms with van der Waals surface area (Å²) in [4.78, 5) is 4.08. The summed E-state index contributed by atoms with van der Waals surface area (Å²) in [6.07, 6.45) is 7.79. The van der Waals surface area contributed by atoms with E-state index in [-0.39, 0.29) is 0 Å². The van der Waals surface area contributed by atoms with Gasteiger partial charge in [-0.3, -0.25) is 15.4 Å². The molecular formula is C8H13N3. The molecule has 0 saturated heterocycles. The van der Waals surface area contributed by atoms with Crippen LogP contribution in [0.2, 0.25) is 0 Å². The van der Waals surface area contributed by atoms with Crippen LogP contribution in [0.15, 0.2) is 28.9 Å². The van der Waals surface area contributed by atoms with Crippen molar-refractivity contribution in [1.29, 1.82) is 0 Å². The Balaban J connectivity index is 2.68. The number of aliphatic imine (C=N–C) groups is 1. The van der Waals surface area contributed by atoms with E-state index in [1.54, 1.807) is 6.34 Å². The van der Waals surface area contributed by atoms with Crippen molar-refractivity contribution in [2.45, 2.75) is 6.92 Å². The molecule has 1 rings (SSSR count). The molecular weight excluding hydrogens is 138 g/mol. The molecule has 1 aliphatic heterocycles. The molecule has 0 aromatic rings. The molecule has 0 atom stereocenters. The smallest absolute Gasteiger partial charge is 0.101 e. The van der Waals surface area contributed by atoms with Gasteiger partial charge in [0.15, 0.2) is 0 Å². The van der Waals surface area contributed by atoms with E-state index in [9.17, 15) is 0 Å². The molecule has 0 fully saturated rings. The van der Waals surface area contributed by atoms with Crippen LogP contribution in [0.3, 0.4) is 0 Å². The molecule has 11 heavy (non-hydrogen) atoms. The summed E-state index contributed by atoms with van der Waals surface area (Å²) < 4.78 is 0. The quantitative estimate of drug-likeness (QED) is 0.557. The summed E-state index contributed by atoms with van der Waals surface area (Å²) >= 11 is 0.